The zero-order chi connectivity index (χ0) is 26.4. The van der Waals surface area contributed by atoms with E-state index in [0.29, 0.717) is 48.1 Å². The highest BCUT2D eigenvalue weighted by Gasteiger charge is 2.28. The molecule has 4 rings (SSSR count). The summed E-state index contributed by atoms with van der Waals surface area (Å²) in [6, 6.07) is 15.9. The van der Waals surface area contributed by atoms with Gasteiger partial charge in [-0.3, -0.25) is 9.69 Å². The first-order chi connectivity index (χ1) is 17.8. The van der Waals surface area contributed by atoms with E-state index in [1.165, 1.54) is 0 Å². The topological polar surface area (TPSA) is 84.7 Å². The van der Waals surface area contributed by atoms with E-state index in [0.717, 1.165) is 13.1 Å². The number of hydrogen-bond acceptors (Lipinski definition) is 6. The summed E-state index contributed by atoms with van der Waals surface area (Å²) in [6.07, 6.45) is 1.57. The summed E-state index contributed by atoms with van der Waals surface area (Å²) in [5, 5.41) is 0.384. The molecule has 2 aromatic carbocycles. The van der Waals surface area contributed by atoms with Crippen molar-refractivity contribution in [1.82, 2.24) is 19.4 Å². The molecular weight excluding hydrogens is 512 g/mol. The van der Waals surface area contributed by atoms with Crippen molar-refractivity contribution in [2.45, 2.75) is 37.3 Å². The van der Waals surface area contributed by atoms with Crippen LogP contribution in [0, 0.1) is 0 Å². The molecule has 1 aromatic heterocycles. The van der Waals surface area contributed by atoms with Crippen LogP contribution in [-0.2, 0) is 26.9 Å². The lowest BCUT2D eigenvalue weighted by atomic mass is 10.2. The van der Waals surface area contributed by atoms with E-state index in [9.17, 15) is 13.2 Å². The average molecular weight is 545 g/mol. The molecule has 0 unspecified atom stereocenters. The number of morpholine rings is 1. The van der Waals surface area contributed by atoms with E-state index < -0.39 is 9.84 Å². The number of halogens is 1. The first-order valence-electron chi connectivity index (χ1n) is 12.4. The van der Waals surface area contributed by atoms with Gasteiger partial charge in [0.05, 0.1) is 37.4 Å². The van der Waals surface area contributed by atoms with Gasteiger partial charge in [-0.2, -0.15) is 0 Å². The number of sulfone groups is 1. The Labute approximate surface area is 223 Å². The standard InChI is InChI=1S/C27H33ClN4O4S/c1-21(2)32-24(18-29-27(32)37(34,35)20-23-10-6-7-11-25(23)28)19-31(13-12-30-14-16-36-17-15-30)26(33)22-8-4-3-5-9-22/h3-11,18,21H,12-17,19-20H2,1-2H3. The molecule has 0 N–H and O–H groups in total. The Hall–Kier alpha value is -2.72. The number of nitrogens with zero attached hydrogens (tertiary/aromatic N) is 4. The third-order valence-corrected chi connectivity index (χ3v) is 8.31. The average Bonchev–Trinajstić information content (AvgIpc) is 3.33. The number of benzene rings is 2. The van der Waals surface area contributed by atoms with Gasteiger partial charge in [-0.05, 0) is 37.6 Å². The molecule has 0 aliphatic carbocycles. The number of carbonyl (C=O) groups is 1. The molecular formula is C27H33ClN4O4S. The number of hydrogen-bond donors (Lipinski definition) is 0. The minimum absolute atomic E-state index is 0.0160. The normalized spacial score (nSPS) is 14.7. The second-order valence-corrected chi connectivity index (χ2v) is 11.7. The van der Waals surface area contributed by atoms with Crippen LogP contribution in [0.25, 0.3) is 0 Å². The molecule has 10 heteroatoms. The lowest BCUT2D eigenvalue weighted by Gasteiger charge is -2.30. The number of carbonyl (C=O) groups excluding carboxylic acids is 1. The molecule has 3 aromatic rings. The fraction of sp³-hybridized carbons (Fsp3) is 0.407. The van der Waals surface area contributed by atoms with Gasteiger partial charge < -0.3 is 14.2 Å². The van der Waals surface area contributed by atoms with Crippen molar-refractivity contribution in [3.8, 4) is 0 Å². The summed E-state index contributed by atoms with van der Waals surface area (Å²) in [5.41, 5.74) is 1.78. The molecule has 1 aliphatic heterocycles. The molecule has 1 saturated heterocycles. The summed E-state index contributed by atoms with van der Waals surface area (Å²) in [7, 11) is -3.79. The van der Waals surface area contributed by atoms with E-state index in [1.807, 2.05) is 32.0 Å². The number of imidazole rings is 1. The van der Waals surface area contributed by atoms with E-state index >= 15 is 0 Å². The van der Waals surface area contributed by atoms with Gasteiger partial charge >= 0.3 is 0 Å². The molecule has 0 spiro atoms. The van der Waals surface area contributed by atoms with Crippen molar-refractivity contribution in [2.24, 2.45) is 0 Å². The SMILES string of the molecule is CC(C)n1c(CN(CCN2CCOCC2)C(=O)c2ccccc2)cnc1S(=O)(=O)Cc1ccccc1Cl. The van der Waals surface area contributed by atoms with Gasteiger partial charge in [0.25, 0.3) is 5.91 Å². The second-order valence-electron chi connectivity index (χ2n) is 9.39. The summed E-state index contributed by atoms with van der Waals surface area (Å²) in [6.45, 7) is 8.27. The van der Waals surface area contributed by atoms with Gasteiger partial charge in [0.15, 0.2) is 0 Å². The van der Waals surface area contributed by atoms with Crippen molar-refractivity contribution in [3.63, 3.8) is 0 Å². The fourth-order valence-corrected chi connectivity index (χ4v) is 6.37. The minimum Gasteiger partial charge on any atom is -0.379 e. The maximum absolute atomic E-state index is 13.5. The van der Waals surface area contributed by atoms with Crippen LogP contribution in [-0.4, -0.2) is 73.1 Å². The van der Waals surface area contributed by atoms with E-state index in [4.69, 9.17) is 16.3 Å². The Morgan fingerprint density at radius 3 is 2.43 bits per heavy atom. The Bertz CT molecular complexity index is 1300. The monoisotopic (exact) mass is 544 g/mol. The van der Waals surface area contributed by atoms with Crippen molar-refractivity contribution < 1.29 is 17.9 Å². The van der Waals surface area contributed by atoms with Crippen molar-refractivity contribution in [2.75, 3.05) is 39.4 Å². The van der Waals surface area contributed by atoms with E-state index in [2.05, 4.69) is 9.88 Å². The first-order valence-corrected chi connectivity index (χ1v) is 14.5. The Morgan fingerprint density at radius 1 is 1.08 bits per heavy atom. The van der Waals surface area contributed by atoms with Gasteiger partial charge in [0, 0.05) is 42.8 Å². The van der Waals surface area contributed by atoms with Crippen LogP contribution in [0.5, 0.6) is 0 Å². The largest absolute Gasteiger partial charge is 0.379 e. The van der Waals surface area contributed by atoms with Crippen LogP contribution in [0.3, 0.4) is 0 Å². The highest BCUT2D eigenvalue weighted by atomic mass is 35.5. The number of aromatic nitrogens is 2. The summed E-state index contributed by atoms with van der Waals surface area (Å²) in [5.74, 6) is -0.356. The van der Waals surface area contributed by atoms with Crippen LogP contribution >= 0.6 is 11.6 Å². The smallest absolute Gasteiger partial charge is 0.254 e. The molecule has 0 saturated carbocycles. The van der Waals surface area contributed by atoms with Crippen LogP contribution in [0.4, 0.5) is 0 Å². The molecule has 1 aliphatic rings. The van der Waals surface area contributed by atoms with Gasteiger partial charge in [0.1, 0.15) is 0 Å². The highest BCUT2D eigenvalue weighted by Crippen LogP contribution is 2.25. The van der Waals surface area contributed by atoms with Gasteiger partial charge in [-0.1, -0.05) is 48.0 Å². The molecule has 37 heavy (non-hydrogen) atoms. The van der Waals surface area contributed by atoms with E-state index in [-0.39, 0.29) is 29.4 Å². The molecule has 1 amide bonds. The van der Waals surface area contributed by atoms with Gasteiger partial charge in [-0.15, -0.1) is 0 Å². The summed E-state index contributed by atoms with van der Waals surface area (Å²) >= 11 is 6.24. The number of ether oxygens (including phenoxy) is 1. The molecule has 1 fully saturated rings. The van der Waals surface area contributed by atoms with Crippen molar-refractivity contribution in [3.05, 3.63) is 82.6 Å². The summed E-state index contributed by atoms with van der Waals surface area (Å²) < 4.78 is 34.0. The van der Waals surface area contributed by atoms with Crippen molar-refractivity contribution in [1.29, 1.82) is 0 Å². The molecule has 0 atom stereocenters. The Kier molecular flexibility index (Phi) is 9.02. The van der Waals surface area contributed by atoms with Crippen molar-refractivity contribution >= 4 is 27.3 Å². The van der Waals surface area contributed by atoms with Crippen LogP contribution in [0.1, 0.15) is 41.5 Å². The Morgan fingerprint density at radius 2 is 1.76 bits per heavy atom. The Balaban J connectivity index is 1.62. The maximum Gasteiger partial charge on any atom is 0.254 e. The van der Waals surface area contributed by atoms with Crippen LogP contribution < -0.4 is 0 Å². The third-order valence-electron chi connectivity index (χ3n) is 6.39. The number of rotatable bonds is 10. The lowest BCUT2D eigenvalue weighted by Crippen LogP contribution is -2.43. The van der Waals surface area contributed by atoms with Crippen LogP contribution in [0.2, 0.25) is 5.02 Å². The van der Waals surface area contributed by atoms with Gasteiger partial charge in [-0.25, -0.2) is 13.4 Å². The summed E-state index contributed by atoms with van der Waals surface area (Å²) in [4.78, 5) is 21.9. The molecule has 8 nitrogen and oxygen atoms in total. The van der Waals surface area contributed by atoms with Crippen LogP contribution in [0.15, 0.2) is 66.0 Å². The molecule has 0 radical (unpaired) electrons. The number of amides is 1. The predicted octanol–water partition coefficient (Wildman–Crippen LogP) is 4.07. The molecule has 2 heterocycles. The fourth-order valence-electron chi connectivity index (χ4n) is 4.46. The zero-order valence-electron chi connectivity index (χ0n) is 21.2. The zero-order valence-corrected chi connectivity index (χ0v) is 22.8. The maximum atomic E-state index is 13.5. The quantitative estimate of drug-likeness (QED) is 0.382. The predicted molar refractivity (Wildman–Crippen MR) is 143 cm³/mol. The molecule has 0 bridgehead atoms. The highest BCUT2D eigenvalue weighted by molar-refractivity contribution is 7.90. The molecule has 198 valence electrons. The van der Waals surface area contributed by atoms with Gasteiger partial charge in [0.2, 0.25) is 15.0 Å². The lowest BCUT2D eigenvalue weighted by molar-refractivity contribution is 0.0319. The third kappa shape index (κ3) is 6.78. The minimum atomic E-state index is -3.79. The second kappa shape index (κ2) is 12.2. The first kappa shape index (κ1) is 27.3. The van der Waals surface area contributed by atoms with E-state index in [1.54, 1.807) is 52.1 Å².